The normalized spacial score (nSPS) is 23.5. The zero-order chi connectivity index (χ0) is 15.4. The van der Waals surface area contributed by atoms with Crippen LogP contribution in [0.1, 0.15) is 18.4 Å². The number of nitrogens with one attached hydrogen (secondary N) is 1. The maximum absolute atomic E-state index is 6.01. The Morgan fingerprint density at radius 1 is 1.30 bits per heavy atom. The number of hydrogen-bond donors (Lipinski definition) is 2. The molecule has 2 aliphatic heterocycles. The van der Waals surface area contributed by atoms with E-state index in [1.54, 1.807) is 0 Å². The van der Waals surface area contributed by atoms with Gasteiger partial charge in [0.05, 0.1) is 26.4 Å². The summed E-state index contributed by atoms with van der Waals surface area (Å²) in [4.78, 5) is 4.35. The second-order valence-electron chi connectivity index (χ2n) is 5.79. The van der Waals surface area contributed by atoms with Crippen LogP contribution in [0, 0.1) is 6.92 Å². The van der Waals surface area contributed by atoms with Crippen LogP contribution in [0.4, 0.5) is 5.69 Å². The van der Waals surface area contributed by atoms with Crippen LogP contribution >= 0.6 is 24.0 Å². The van der Waals surface area contributed by atoms with Gasteiger partial charge in [0.15, 0.2) is 11.7 Å². The van der Waals surface area contributed by atoms with Gasteiger partial charge in [-0.3, -0.25) is 4.99 Å². The fourth-order valence-electron chi connectivity index (χ4n) is 2.68. The van der Waals surface area contributed by atoms with E-state index in [0.29, 0.717) is 32.3 Å². The number of benzene rings is 1. The fraction of sp³-hybridized carbons (Fsp3) is 0.562. The van der Waals surface area contributed by atoms with Crippen molar-refractivity contribution in [1.82, 2.24) is 0 Å². The number of hydrogen-bond acceptors (Lipinski definition) is 4. The first-order chi connectivity index (χ1) is 10.7. The maximum atomic E-state index is 6.01. The van der Waals surface area contributed by atoms with Gasteiger partial charge in [-0.1, -0.05) is 17.7 Å². The van der Waals surface area contributed by atoms with E-state index >= 15 is 0 Å². The maximum Gasteiger partial charge on any atom is 0.193 e. The van der Waals surface area contributed by atoms with Gasteiger partial charge in [-0.15, -0.1) is 24.0 Å². The minimum Gasteiger partial charge on any atom is -0.381 e. The highest BCUT2D eigenvalue weighted by Gasteiger charge is 2.42. The second kappa shape index (κ2) is 8.27. The predicted octanol–water partition coefficient (Wildman–Crippen LogP) is 2.26. The lowest BCUT2D eigenvalue weighted by Crippen LogP contribution is -2.38. The second-order valence-corrected chi connectivity index (χ2v) is 5.79. The van der Waals surface area contributed by atoms with E-state index in [9.17, 15) is 0 Å². The van der Waals surface area contributed by atoms with Crippen molar-refractivity contribution in [1.29, 1.82) is 0 Å². The van der Waals surface area contributed by atoms with Crippen LogP contribution in [0.5, 0.6) is 0 Å². The smallest absolute Gasteiger partial charge is 0.193 e. The quantitative estimate of drug-likeness (QED) is 0.435. The third-order valence-corrected chi connectivity index (χ3v) is 3.96. The number of nitrogens with zero attached hydrogens (tertiary/aromatic N) is 1. The zero-order valence-electron chi connectivity index (χ0n) is 13.3. The van der Waals surface area contributed by atoms with Crippen molar-refractivity contribution < 1.29 is 14.2 Å². The molecule has 0 aliphatic carbocycles. The number of anilines is 1. The van der Waals surface area contributed by atoms with Crippen LogP contribution in [-0.4, -0.2) is 44.2 Å². The molecule has 0 saturated carbocycles. The average molecular weight is 433 g/mol. The Hall–Kier alpha value is -0.900. The number of aryl methyl sites for hydroxylation is 1. The number of aliphatic imine (C=N–C) groups is 1. The number of rotatable bonds is 3. The first kappa shape index (κ1) is 18.4. The molecular formula is C16H24IN3O3. The number of halogens is 1. The monoisotopic (exact) mass is 433 g/mol. The van der Waals surface area contributed by atoms with Crippen molar-refractivity contribution in [3.63, 3.8) is 0 Å². The summed E-state index contributed by atoms with van der Waals surface area (Å²) in [5, 5.41) is 3.08. The predicted molar refractivity (Wildman–Crippen MR) is 100 cm³/mol. The van der Waals surface area contributed by atoms with Crippen LogP contribution < -0.4 is 11.1 Å². The minimum absolute atomic E-state index is 0. The molecule has 3 N–H and O–H groups in total. The van der Waals surface area contributed by atoms with Crippen LogP contribution in [0.2, 0.25) is 0 Å². The SMILES string of the molecule is Cc1ccc(NC(N)=NCC2COC3(CCOCC3)O2)cc1.I. The molecule has 1 aromatic carbocycles. The summed E-state index contributed by atoms with van der Waals surface area (Å²) in [5.74, 6) is -0.0715. The van der Waals surface area contributed by atoms with E-state index in [1.807, 2.05) is 31.2 Å². The van der Waals surface area contributed by atoms with Crippen molar-refractivity contribution in [2.24, 2.45) is 10.7 Å². The van der Waals surface area contributed by atoms with Crippen molar-refractivity contribution in [2.75, 3.05) is 31.7 Å². The molecule has 0 bridgehead atoms. The Morgan fingerprint density at radius 3 is 2.70 bits per heavy atom. The molecule has 23 heavy (non-hydrogen) atoms. The summed E-state index contributed by atoms with van der Waals surface area (Å²) < 4.78 is 17.2. The lowest BCUT2D eigenvalue weighted by molar-refractivity contribution is -0.210. The van der Waals surface area contributed by atoms with Crippen LogP contribution in [-0.2, 0) is 14.2 Å². The summed E-state index contributed by atoms with van der Waals surface area (Å²) >= 11 is 0. The molecular weight excluding hydrogens is 409 g/mol. The summed E-state index contributed by atoms with van der Waals surface area (Å²) in [7, 11) is 0. The lowest BCUT2D eigenvalue weighted by Gasteiger charge is -2.31. The Labute approximate surface area is 153 Å². The molecule has 1 spiro atoms. The third kappa shape index (κ3) is 5.03. The molecule has 0 aromatic heterocycles. The third-order valence-electron chi connectivity index (χ3n) is 3.96. The highest BCUT2D eigenvalue weighted by molar-refractivity contribution is 14.0. The molecule has 2 fully saturated rings. The minimum atomic E-state index is -0.461. The van der Waals surface area contributed by atoms with Crippen LogP contribution in [0.25, 0.3) is 0 Å². The van der Waals surface area contributed by atoms with Gasteiger partial charge in [0, 0.05) is 18.5 Å². The molecule has 128 valence electrons. The van der Waals surface area contributed by atoms with Crippen molar-refractivity contribution in [3.8, 4) is 0 Å². The number of guanidine groups is 1. The summed E-state index contributed by atoms with van der Waals surface area (Å²) in [6.45, 7) is 4.47. The van der Waals surface area contributed by atoms with E-state index in [1.165, 1.54) is 5.56 Å². The average Bonchev–Trinajstić information content (AvgIpc) is 2.91. The lowest BCUT2D eigenvalue weighted by atomic mass is 10.1. The van der Waals surface area contributed by atoms with E-state index in [2.05, 4.69) is 10.3 Å². The molecule has 0 radical (unpaired) electrons. The van der Waals surface area contributed by atoms with Crippen molar-refractivity contribution in [2.45, 2.75) is 31.7 Å². The van der Waals surface area contributed by atoms with Crippen molar-refractivity contribution in [3.05, 3.63) is 29.8 Å². The Morgan fingerprint density at radius 2 is 2.00 bits per heavy atom. The van der Waals surface area contributed by atoms with Gasteiger partial charge in [-0.05, 0) is 19.1 Å². The molecule has 1 aromatic rings. The van der Waals surface area contributed by atoms with Gasteiger partial charge in [0.2, 0.25) is 0 Å². The van der Waals surface area contributed by atoms with E-state index in [-0.39, 0.29) is 30.1 Å². The summed E-state index contributed by atoms with van der Waals surface area (Å²) in [5.41, 5.74) is 8.05. The van der Waals surface area contributed by atoms with E-state index in [4.69, 9.17) is 19.9 Å². The van der Waals surface area contributed by atoms with Gasteiger partial charge in [-0.25, -0.2) is 0 Å². The van der Waals surface area contributed by atoms with Crippen molar-refractivity contribution >= 4 is 35.6 Å². The fourth-order valence-corrected chi connectivity index (χ4v) is 2.68. The number of nitrogens with two attached hydrogens (primary N) is 1. The first-order valence-corrected chi connectivity index (χ1v) is 7.68. The molecule has 1 unspecified atom stereocenters. The van der Waals surface area contributed by atoms with E-state index < -0.39 is 5.79 Å². The van der Waals surface area contributed by atoms with Gasteiger partial charge in [0.1, 0.15) is 6.10 Å². The first-order valence-electron chi connectivity index (χ1n) is 7.68. The highest BCUT2D eigenvalue weighted by Crippen LogP contribution is 2.33. The zero-order valence-corrected chi connectivity index (χ0v) is 15.6. The molecule has 6 nitrogen and oxygen atoms in total. The van der Waals surface area contributed by atoms with Crippen LogP contribution in [0.3, 0.4) is 0 Å². The topological polar surface area (TPSA) is 78.1 Å². The van der Waals surface area contributed by atoms with Crippen LogP contribution in [0.15, 0.2) is 29.3 Å². The Kier molecular flexibility index (Phi) is 6.63. The number of ether oxygens (including phenoxy) is 3. The molecule has 2 heterocycles. The molecule has 0 amide bonds. The van der Waals surface area contributed by atoms with Gasteiger partial charge < -0.3 is 25.3 Å². The Bertz CT molecular complexity index is 530. The molecule has 2 aliphatic rings. The van der Waals surface area contributed by atoms with Gasteiger partial charge in [-0.2, -0.15) is 0 Å². The molecule has 7 heteroatoms. The van der Waals surface area contributed by atoms with Gasteiger partial charge >= 0.3 is 0 Å². The largest absolute Gasteiger partial charge is 0.381 e. The standard InChI is InChI=1S/C16H23N3O3.HI/c1-12-2-4-13(5-3-12)19-15(17)18-10-14-11-21-16(22-14)6-8-20-9-7-16;/h2-5,14H,6-11H2,1H3,(H3,17,18,19);1H. The molecule has 3 rings (SSSR count). The highest BCUT2D eigenvalue weighted by atomic mass is 127. The van der Waals surface area contributed by atoms with Gasteiger partial charge in [0.25, 0.3) is 0 Å². The molecule has 2 saturated heterocycles. The molecule has 1 atom stereocenters. The van der Waals surface area contributed by atoms with E-state index in [0.717, 1.165) is 18.5 Å². The Balaban J connectivity index is 0.00000192. The summed E-state index contributed by atoms with van der Waals surface area (Å²) in [6.07, 6.45) is 1.52. The summed E-state index contributed by atoms with van der Waals surface area (Å²) in [6, 6.07) is 8.00.